The van der Waals surface area contributed by atoms with Crippen LogP contribution in [-0.4, -0.2) is 10.9 Å². The predicted molar refractivity (Wildman–Crippen MR) is 73.0 cm³/mol. The fraction of sp³-hybridized carbons (Fsp3) is 0. The maximum atomic E-state index is 13.5. The topological polar surface area (TPSA) is 68.0 Å². The number of halogens is 3. The van der Waals surface area contributed by atoms with Gasteiger partial charge in [-0.25, -0.2) is 9.37 Å². The van der Waals surface area contributed by atoms with E-state index in [4.69, 9.17) is 28.9 Å². The molecule has 0 fully saturated rings. The van der Waals surface area contributed by atoms with Gasteiger partial charge in [0.25, 0.3) is 5.91 Å². The third-order valence-corrected chi connectivity index (χ3v) is 2.85. The van der Waals surface area contributed by atoms with E-state index in [1.807, 2.05) is 0 Å². The van der Waals surface area contributed by atoms with Gasteiger partial charge in [0.2, 0.25) is 0 Å². The van der Waals surface area contributed by atoms with Gasteiger partial charge in [0.1, 0.15) is 11.6 Å². The Morgan fingerprint density at radius 2 is 2.05 bits per heavy atom. The first-order valence-corrected chi connectivity index (χ1v) is 5.90. The van der Waals surface area contributed by atoms with Gasteiger partial charge in [-0.2, -0.15) is 0 Å². The molecule has 1 amide bonds. The molecular formula is C12H8Cl2FN3O. The minimum Gasteiger partial charge on any atom is -0.382 e. The molecule has 4 nitrogen and oxygen atoms in total. The van der Waals surface area contributed by atoms with Crippen LogP contribution < -0.4 is 11.1 Å². The molecule has 0 radical (unpaired) electrons. The van der Waals surface area contributed by atoms with Gasteiger partial charge >= 0.3 is 0 Å². The van der Waals surface area contributed by atoms with Crippen molar-refractivity contribution >= 4 is 40.6 Å². The third kappa shape index (κ3) is 3.13. The number of nitrogen functional groups attached to an aromatic ring is 1. The number of carbonyl (C=O) groups excluding carboxylic acids is 1. The van der Waals surface area contributed by atoms with Crippen LogP contribution in [0, 0.1) is 5.82 Å². The van der Waals surface area contributed by atoms with Crippen LogP contribution in [0.1, 0.15) is 10.4 Å². The van der Waals surface area contributed by atoms with Crippen molar-refractivity contribution in [3.63, 3.8) is 0 Å². The first-order chi connectivity index (χ1) is 8.97. The first-order valence-electron chi connectivity index (χ1n) is 5.15. The molecule has 7 heteroatoms. The maximum Gasteiger partial charge on any atom is 0.257 e. The Labute approximate surface area is 118 Å². The predicted octanol–water partition coefficient (Wildman–Crippen LogP) is 3.36. The Kier molecular flexibility index (Phi) is 3.87. The van der Waals surface area contributed by atoms with Crippen LogP contribution in [0.5, 0.6) is 0 Å². The summed E-state index contributed by atoms with van der Waals surface area (Å²) in [6.45, 7) is 0. The Bertz CT molecular complexity index is 649. The van der Waals surface area contributed by atoms with E-state index < -0.39 is 11.7 Å². The van der Waals surface area contributed by atoms with E-state index in [-0.39, 0.29) is 27.1 Å². The molecule has 0 saturated carbocycles. The van der Waals surface area contributed by atoms with Crippen LogP contribution in [0.3, 0.4) is 0 Å². The number of amides is 1. The minimum atomic E-state index is -0.629. The molecule has 3 N–H and O–H groups in total. The lowest BCUT2D eigenvalue weighted by atomic mass is 10.2. The summed E-state index contributed by atoms with van der Waals surface area (Å²) in [7, 11) is 0. The quantitative estimate of drug-likeness (QED) is 0.893. The number of hydrogen-bond donors (Lipinski definition) is 2. The SMILES string of the molecule is Nc1ncc(C(=O)Nc2ccc(Cl)cc2F)cc1Cl. The number of pyridine rings is 1. The Balaban J connectivity index is 2.23. The van der Waals surface area contributed by atoms with Crippen molar-refractivity contribution < 1.29 is 9.18 Å². The van der Waals surface area contributed by atoms with Gasteiger partial charge in [0, 0.05) is 11.2 Å². The zero-order chi connectivity index (χ0) is 14.0. The first kappa shape index (κ1) is 13.6. The number of benzene rings is 1. The van der Waals surface area contributed by atoms with Crippen molar-refractivity contribution in [2.24, 2.45) is 0 Å². The molecule has 19 heavy (non-hydrogen) atoms. The molecule has 0 spiro atoms. The van der Waals surface area contributed by atoms with Crippen molar-refractivity contribution in [3.05, 3.63) is 51.9 Å². The van der Waals surface area contributed by atoms with Crippen LogP contribution in [0.2, 0.25) is 10.0 Å². The van der Waals surface area contributed by atoms with Gasteiger partial charge in [0.15, 0.2) is 0 Å². The molecule has 0 unspecified atom stereocenters. The Morgan fingerprint density at radius 3 is 2.68 bits per heavy atom. The van der Waals surface area contributed by atoms with Crippen molar-refractivity contribution in [3.8, 4) is 0 Å². The van der Waals surface area contributed by atoms with Gasteiger partial charge in [0.05, 0.1) is 16.3 Å². The smallest absolute Gasteiger partial charge is 0.257 e. The number of nitrogens with two attached hydrogens (primary N) is 1. The molecule has 98 valence electrons. The van der Waals surface area contributed by atoms with E-state index in [0.717, 1.165) is 6.07 Å². The highest BCUT2D eigenvalue weighted by molar-refractivity contribution is 6.33. The van der Waals surface area contributed by atoms with E-state index in [0.29, 0.717) is 0 Å². The summed E-state index contributed by atoms with van der Waals surface area (Å²) in [4.78, 5) is 15.6. The van der Waals surface area contributed by atoms with Crippen molar-refractivity contribution in [1.29, 1.82) is 0 Å². The second kappa shape index (κ2) is 5.42. The maximum absolute atomic E-state index is 13.5. The molecular weight excluding hydrogens is 292 g/mol. The van der Waals surface area contributed by atoms with Crippen molar-refractivity contribution in [2.75, 3.05) is 11.1 Å². The second-order valence-electron chi connectivity index (χ2n) is 3.67. The average molecular weight is 300 g/mol. The average Bonchev–Trinajstić information content (AvgIpc) is 2.36. The highest BCUT2D eigenvalue weighted by Crippen LogP contribution is 2.21. The normalized spacial score (nSPS) is 10.3. The van der Waals surface area contributed by atoms with Gasteiger partial charge in [-0.3, -0.25) is 4.79 Å². The monoisotopic (exact) mass is 299 g/mol. The summed E-state index contributed by atoms with van der Waals surface area (Å²) in [6.07, 6.45) is 1.25. The molecule has 0 aliphatic carbocycles. The van der Waals surface area contributed by atoms with Gasteiger partial charge in [-0.05, 0) is 24.3 Å². The number of hydrogen-bond acceptors (Lipinski definition) is 3. The summed E-state index contributed by atoms with van der Waals surface area (Å²) >= 11 is 11.4. The number of carbonyl (C=O) groups is 1. The lowest BCUT2D eigenvalue weighted by molar-refractivity contribution is 0.102. The Hall–Kier alpha value is -1.85. The van der Waals surface area contributed by atoms with Crippen LogP contribution in [-0.2, 0) is 0 Å². The summed E-state index contributed by atoms with van der Waals surface area (Å²) in [6, 6.07) is 5.29. The standard InChI is InChI=1S/C12H8Cl2FN3O/c13-7-1-2-10(9(15)4-7)18-12(19)6-3-8(14)11(16)17-5-6/h1-5H,(H2,16,17)(H,18,19). The molecule has 1 heterocycles. The largest absolute Gasteiger partial charge is 0.382 e. The van der Waals surface area contributed by atoms with Crippen LogP contribution in [0.25, 0.3) is 0 Å². The summed E-state index contributed by atoms with van der Waals surface area (Å²) in [5.41, 5.74) is 5.62. The Morgan fingerprint density at radius 1 is 1.32 bits per heavy atom. The van der Waals surface area contributed by atoms with E-state index in [9.17, 15) is 9.18 Å². The van der Waals surface area contributed by atoms with Crippen LogP contribution in [0.15, 0.2) is 30.5 Å². The molecule has 0 bridgehead atoms. The zero-order valence-electron chi connectivity index (χ0n) is 9.45. The number of nitrogens with zero attached hydrogens (tertiary/aromatic N) is 1. The molecule has 0 atom stereocenters. The molecule has 0 saturated heterocycles. The molecule has 0 aliphatic rings. The van der Waals surface area contributed by atoms with E-state index in [1.165, 1.54) is 24.4 Å². The molecule has 0 aliphatic heterocycles. The lowest BCUT2D eigenvalue weighted by Gasteiger charge is -2.07. The molecule has 2 aromatic rings. The third-order valence-electron chi connectivity index (χ3n) is 2.31. The second-order valence-corrected chi connectivity index (χ2v) is 4.51. The van der Waals surface area contributed by atoms with Crippen LogP contribution >= 0.6 is 23.2 Å². The van der Waals surface area contributed by atoms with E-state index in [2.05, 4.69) is 10.3 Å². The van der Waals surface area contributed by atoms with Gasteiger partial charge in [-0.1, -0.05) is 23.2 Å². The molecule has 1 aromatic heterocycles. The fourth-order valence-electron chi connectivity index (χ4n) is 1.36. The summed E-state index contributed by atoms with van der Waals surface area (Å²) < 4.78 is 13.5. The van der Waals surface area contributed by atoms with Gasteiger partial charge < -0.3 is 11.1 Å². The summed E-state index contributed by atoms with van der Waals surface area (Å²) in [5.74, 6) is -1.05. The number of aromatic nitrogens is 1. The highest BCUT2D eigenvalue weighted by atomic mass is 35.5. The van der Waals surface area contributed by atoms with Gasteiger partial charge in [-0.15, -0.1) is 0 Å². The number of rotatable bonds is 2. The van der Waals surface area contributed by atoms with Crippen molar-refractivity contribution in [2.45, 2.75) is 0 Å². The van der Waals surface area contributed by atoms with E-state index in [1.54, 1.807) is 0 Å². The fourth-order valence-corrected chi connectivity index (χ4v) is 1.68. The van der Waals surface area contributed by atoms with E-state index >= 15 is 0 Å². The lowest BCUT2D eigenvalue weighted by Crippen LogP contribution is -2.13. The molecule has 1 aromatic carbocycles. The summed E-state index contributed by atoms with van der Waals surface area (Å²) in [5, 5.41) is 2.79. The zero-order valence-corrected chi connectivity index (χ0v) is 11.0. The number of anilines is 2. The van der Waals surface area contributed by atoms with Crippen LogP contribution in [0.4, 0.5) is 15.9 Å². The van der Waals surface area contributed by atoms with Crippen molar-refractivity contribution in [1.82, 2.24) is 4.98 Å². The highest BCUT2D eigenvalue weighted by Gasteiger charge is 2.11. The minimum absolute atomic E-state index is 0.0161. The number of nitrogens with one attached hydrogen (secondary N) is 1. The molecule has 2 rings (SSSR count).